The molecule has 0 rings (SSSR count). The highest BCUT2D eigenvalue weighted by Crippen LogP contribution is 2.18. The summed E-state index contributed by atoms with van der Waals surface area (Å²) in [7, 11) is 0. The number of unbranched alkanes of at least 4 members (excludes halogenated alkanes) is 34. The van der Waals surface area contributed by atoms with Gasteiger partial charge in [-0.3, -0.25) is 14.4 Å². The molecule has 1 atom stereocenters. The summed E-state index contributed by atoms with van der Waals surface area (Å²) in [6.45, 7) is 13.7. The second kappa shape index (κ2) is 49.3. The van der Waals surface area contributed by atoms with Gasteiger partial charge in [0.1, 0.15) is 13.2 Å². The van der Waals surface area contributed by atoms with Crippen LogP contribution in [0.1, 0.15) is 318 Å². The topological polar surface area (TPSA) is 78.9 Å². The molecule has 6 heteroatoms. The molecule has 380 valence electrons. The van der Waals surface area contributed by atoms with E-state index in [1.165, 1.54) is 199 Å². The van der Waals surface area contributed by atoms with E-state index in [2.05, 4.69) is 41.5 Å². The first-order chi connectivity index (χ1) is 31.1. The van der Waals surface area contributed by atoms with E-state index < -0.39 is 6.10 Å². The van der Waals surface area contributed by atoms with Crippen LogP contribution in [0, 0.1) is 17.8 Å². The van der Waals surface area contributed by atoms with E-state index in [0.717, 1.165) is 75.5 Å². The Morgan fingerprint density at radius 2 is 0.453 bits per heavy atom. The molecule has 0 fully saturated rings. The van der Waals surface area contributed by atoms with Gasteiger partial charge in [-0.05, 0) is 37.0 Å². The third-order valence-corrected chi connectivity index (χ3v) is 13.1. The minimum absolute atomic E-state index is 0.0641. The van der Waals surface area contributed by atoms with Gasteiger partial charge >= 0.3 is 17.9 Å². The number of carbonyl (C=O) groups excluding carboxylic acids is 3. The molecule has 0 unspecified atom stereocenters. The third kappa shape index (κ3) is 51.4. The maximum Gasteiger partial charge on any atom is 0.306 e. The fraction of sp³-hybridized carbons (Fsp3) is 0.948. The van der Waals surface area contributed by atoms with Crippen LogP contribution in [0.25, 0.3) is 0 Å². The number of hydrogen-bond donors (Lipinski definition) is 0. The van der Waals surface area contributed by atoms with E-state index in [1.807, 2.05) is 0 Å². The number of rotatable bonds is 51. The summed E-state index contributed by atoms with van der Waals surface area (Å²) in [6, 6.07) is 0. The van der Waals surface area contributed by atoms with Gasteiger partial charge in [0.05, 0.1) is 0 Å². The van der Waals surface area contributed by atoms with E-state index in [0.29, 0.717) is 19.3 Å². The van der Waals surface area contributed by atoms with Crippen LogP contribution in [0.5, 0.6) is 0 Å². The second-order valence-corrected chi connectivity index (χ2v) is 21.4. The quantitative estimate of drug-likeness (QED) is 0.0344. The molecule has 0 saturated carbocycles. The standard InChI is InChI=1S/C58H112O6/c1-52(2)44-38-32-26-20-16-12-9-7-8-10-14-18-22-29-35-41-47-56(59)62-50-55(64-58(61)49-43-37-31-25-24-28-34-40-46-54(5)6)51-63-57(60)48-42-36-30-23-19-15-11-13-17-21-27-33-39-45-53(3)4/h52-55H,7-51H2,1-6H3/t55-/m1/s1. The Balaban J connectivity index is 4.24. The van der Waals surface area contributed by atoms with Gasteiger partial charge in [0, 0.05) is 19.3 Å². The van der Waals surface area contributed by atoms with E-state index in [4.69, 9.17) is 14.2 Å². The van der Waals surface area contributed by atoms with Gasteiger partial charge in [0.15, 0.2) is 6.10 Å². The lowest BCUT2D eigenvalue weighted by molar-refractivity contribution is -0.167. The van der Waals surface area contributed by atoms with Crippen molar-refractivity contribution in [1.29, 1.82) is 0 Å². The molecule has 0 N–H and O–H groups in total. The summed E-state index contributed by atoms with van der Waals surface area (Å²) < 4.78 is 16.9. The van der Waals surface area contributed by atoms with Crippen molar-refractivity contribution in [2.75, 3.05) is 13.2 Å². The Hall–Kier alpha value is -1.59. The van der Waals surface area contributed by atoms with Crippen LogP contribution in [-0.4, -0.2) is 37.2 Å². The number of esters is 3. The molecule has 0 saturated heterocycles. The van der Waals surface area contributed by atoms with Gasteiger partial charge in [-0.2, -0.15) is 0 Å². The average molecular weight is 906 g/mol. The minimum atomic E-state index is -0.763. The van der Waals surface area contributed by atoms with Crippen molar-refractivity contribution >= 4 is 17.9 Å². The summed E-state index contributed by atoms with van der Waals surface area (Å²) in [4.78, 5) is 38.1. The third-order valence-electron chi connectivity index (χ3n) is 13.1. The highest BCUT2D eigenvalue weighted by atomic mass is 16.6. The number of hydrogen-bond acceptors (Lipinski definition) is 6. The molecule has 0 aromatic heterocycles. The molecule has 0 bridgehead atoms. The molecule has 0 aliphatic heterocycles. The van der Waals surface area contributed by atoms with E-state index in [9.17, 15) is 14.4 Å². The smallest absolute Gasteiger partial charge is 0.306 e. The van der Waals surface area contributed by atoms with Gasteiger partial charge in [-0.15, -0.1) is 0 Å². The maximum atomic E-state index is 12.8. The Bertz CT molecular complexity index is 991. The van der Waals surface area contributed by atoms with Gasteiger partial charge in [0.25, 0.3) is 0 Å². The Labute approximate surface area is 399 Å². The van der Waals surface area contributed by atoms with Crippen LogP contribution in [-0.2, 0) is 28.6 Å². The van der Waals surface area contributed by atoms with Crippen LogP contribution in [0.2, 0.25) is 0 Å². The highest BCUT2D eigenvalue weighted by molar-refractivity contribution is 5.71. The number of ether oxygens (including phenoxy) is 3. The van der Waals surface area contributed by atoms with Crippen LogP contribution in [0.3, 0.4) is 0 Å². The summed E-state index contributed by atoms with van der Waals surface area (Å²) in [5.41, 5.74) is 0. The average Bonchev–Trinajstić information content (AvgIpc) is 3.25. The SMILES string of the molecule is CC(C)CCCCCCCCCCCCCCCCCCC(=O)OC[C@H](COC(=O)CCCCCCCCCCCCCCCC(C)C)OC(=O)CCCCCCCCCCC(C)C. The Morgan fingerprint density at radius 3 is 0.672 bits per heavy atom. The first kappa shape index (κ1) is 62.4. The molecule has 0 aromatic rings. The van der Waals surface area contributed by atoms with Crippen molar-refractivity contribution in [3.05, 3.63) is 0 Å². The molecule has 0 radical (unpaired) electrons. The zero-order valence-electron chi connectivity index (χ0n) is 44.1. The van der Waals surface area contributed by atoms with Crippen LogP contribution in [0.15, 0.2) is 0 Å². The molecule has 0 aliphatic rings. The first-order valence-corrected chi connectivity index (χ1v) is 28.6. The lowest BCUT2D eigenvalue weighted by atomic mass is 10.0. The Morgan fingerprint density at radius 1 is 0.266 bits per heavy atom. The van der Waals surface area contributed by atoms with Gasteiger partial charge in [-0.25, -0.2) is 0 Å². The predicted molar refractivity (Wildman–Crippen MR) is 275 cm³/mol. The summed E-state index contributed by atoms with van der Waals surface area (Å²) in [5, 5.41) is 0. The molecule has 64 heavy (non-hydrogen) atoms. The van der Waals surface area contributed by atoms with Crippen molar-refractivity contribution < 1.29 is 28.6 Å². The zero-order valence-corrected chi connectivity index (χ0v) is 44.1. The zero-order chi connectivity index (χ0) is 47.0. The van der Waals surface area contributed by atoms with Gasteiger partial charge < -0.3 is 14.2 Å². The van der Waals surface area contributed by atoms with Gasteiger partial charge in [0.2, 0.25) is 0 Å². The molecule has 0 heterocycles. The molecule has 0 amide bonds. The lowest BCUT2D eigenvalue weighted by Crippen LogP contribution is -2.30. The van der Waals surface area contributed by atoms with E-state index >= 15 is 0 Å². The molecule has 6 nitrogen and oxygen atoms in total. The number of carbonyl (C=O) groups is 3. The van der Waals surface area contributed by atoms with Crippen LogP contribution >= 0.6 is 0 Å². The first-order valence-electron chi connectivity index (χ1n) is 28.6. The molecule has 0 aliphatic carbocycles. The summed E-state index contributed by atoms with van der Waals surface area (Å²) in [5.74, 6) is 1.64. The molecular formula is C58H112O6. The normalized spacial score (nSPS) is 12.1. The monoisotopic (exact) mass is 905 g/mol. The van der Waals surface area contributed by atoms with Gasteiger partial charge in [-0.1, -0.05) is 279 Å². The molecule has 0 spiro atoms. The van der Waals surface area contributed by atoms with E-state index in [1.54, 1.807) is 0 Å². The predicted octanol–water partition coefficient (Wildman–Crippen LogP) is 18.7. The highest BCUT2D eigenvalue weighted by Gasteiger charge is 2.19. The fourth-order valence-electron chi connectivity index (χ4n) is 8.82. The van der Waals surface area contributed by atoms with Crippen molar-refractivity contribution in [2.45, 2.75) is 324 Å². The van der Waals surface area contributed by atoms with Crippen molar-refractivity contribution in [3.63, 3.8) is 0 Å². The van der Waals surface area contributed by atoms with Crippen molar-refractivity contribution in [1.82, 2.24) is 0 Å². The second-order valence-electron chi connectivity index (χ2n) is 21.4. The van der Waals surface area contributed by atoms with Crippen molar-refractivity contribution in [2.24, 2.45) is 17.8 Å². The lowest BCUT2D eigenvalue weighted by Gasteiger charge is -2.18. The largest absolute Gasteiger partial charge is 0.462 e. The summed E-state index contributed by atoms with van der Waals surface area (Å²) >= 11 is 0. The van der Waals surface area contributed by atoms with E-state index in [-0.39, 0.29) is 31.1 Å². The van der Waals surface area contributed by atoms with Crippen LogP contribution in [0.4, 0.5) is 0 Å². The van der Waals surface area contributed by atoms with Crippen molar-refractivity contribution in [3.8, 4) is 0 Å². The fourth-order valence-corrected chi connectivity index (χ4v) is 8.82. The Kier molecular flexibility index (Phi) is 48.1. The molecular weight excluding hydrogens is 793 g/mol. The van der Waals surface area contributed by atoms with Crippen LogP contribution < -0.4 is 0 Å². The maximum absolute atomic E-state index is 12.8. The summed E-state index contributed by atoms with van der Waals surface area (Å²) in [6.07, 6.45) is 51.0. The molecule has 0 aromatic carbocycles. The minimum Gasteiger partial charge on any atom is -0.462 e.